The minimum Gasteiger partial charge on any atom is -0.329 e. The van der Waals surface area contributed by atoms with Crippen LogP contribution >= 0.6 is 0 Å². The average Bonchev–Trinajstić information content (AvgIpc) is 2.30. The molecule has 108 valence electrons. The Balaban J connectivity index is 2.57. The maximum absolute atomic E-state index is 12.3. The van der Waals surface area contributed by atoms with Gasteiger partial charge in [-0.1, -0.05) is 20.8 Å². The van der Waals surface area contributed by atoms with Crippen LogP contribution in [0.15, 0.2) is 0 Å². The number of piperazine rings is 1. The molecule has 1 unspecified atom stereocenters. The fraction of sp³-hybridized carbons (Fsp3) is 1.00. The van der Waals surface area contributed by atoms with Crippen molar-refractivity contribution in [2.75, 3.05) is 39.3 Å². The summed E-state index contributed by atoms with van der Waals surface area (Å²) in [5.41, 5.74) is 5.55. The zero-order valence-electron chi connectivity index (χ0n) is 11.8. The smallest absolute Gasteiger partial charge is 0.218 e. The molecule has 1 aliphatic rings. The van der Waals surface area contributed by atoms with Crippen LogP contribution in [0.4, 0.5) is 0 Å². The molecule has 1 rings (SSSR count). The van der Waals surface area contributed by atoms with E-state index in [9.17, 15) is 8.42 Å². The van der Waals surface area contributed by atoms with E-state index < -0.39 is 15.3 Å². The van der Waals surface area contributed by atoms with E-state index in [-0.39, 0.29) is 6.54 Å². The van der Waals surface area contributed by atoms with E-state index in [2.05, 4.69) is 18.7 Å². The second-order valence-electron chi connectivity index (χ2n) is 5.40. The Hall–Kier alpha value is -0.170. The molecule has 0 spiro atoms. The van der Waals surface area contributed by atoms with Gasteiger partial charge >= 0.3 is 0 Å². The van der Waals surface area contributed by atoms with Crippen LogP contribution < -0.4 is 5.73 Å². The maximum atomic E-state index is 12.3. The Morgan fingerprint density at radius 2 is 1.72 bits per heavy atom. The minimum absolute atomic E-state index is 0.213. The number of nitrogens with two attached hydrogens (primary N) is 1. The van der Waals surface area contributed by atoms with Gasteiger partial charge in [0.05, 0.1) is 5.25 Å². The molecule has 0 amide bonds. The average molecular weight is 277 g/mol. The summed E-state index contributed by atoms with van der Waals surface area (Å²) in [5.74, 6) is 0.626. The highest BCUT2D eigenvalue weighted by molar-refractivity contribution is 7.89. The maximum Gasteiger partial charge on any atom is 0.218 e. The number of nitrogens with zero attached hydrogens (tertiary/aromatic N) is 2. The minimum atomic E-state index is -3.19. The van der Waals surface area contributed by atoms with Gasteiger partial charge in [0.15, 0.2) is 0 Å². The lowest BCUT2D eigenvalue weighted by Gasteiger charge is -2.36. The highest BCUT2D eigenvalue weighted by Gasteiger charge is 2.32. The van der Waals surface area contributed by atoms with Crippen molar-refractivity contribution in [1.82, 2.24) is 9.21 Å². The molecule has 1 fully saturated rings. The molecule has 0 radical (unpaired) electrons. The first-order valence-electron chi connectivity index (χ1n) is 6.83. The molecule has 2 N–H and O–H groups in total. The molecule has 0 aromatic carbocycles. The third-order valence-corrected chi connectivity index (χ3v) is 5.91. The molecule has 5 nitrogen and oxygen atoms in total. The number of hydrogen-bond acceptors (Lipinski definition) is 4. The van der Waals surface area contributed by atoms with Crippen molar-refractivity contribution in [3.8, 4) is 0 Å². The van der Waals surface area contributed by atoms with Crippen LogP contribution in [0.1, 0.15) is 27.2 Å². The molecule has 0 aromatic rings. The van der Waals surface area contributed by atoms with Crippen molar-refractivity contribution in [3.63, 3.8) is 0 Å². The molecule has 1 aliphatic heterocycles. The van der Waals surface area contributed by atoms with Crippen molar-refractivity contribution in [2.24, 2.45) is 11.7 Å². The van der Waals surface area contributed by atoms with Crippen molar-refractivity contribution >= 4 is 10.0 Å². The van der Waals surface area contributed by atoms with E-state index in [1.807, 2.05) is 6.92 Å². The predicted octanol–water partition coefficient (Wildman–Crippen LogP) is 0.327. The van der Waals surface area contributed by atoms with E-state index >= 15 is 0 Å². The predicted molar refractivity (Wildman–Crippen MR) is 74.9 cm³/mol. The Bertz CT molecular complexity index is 331. The van der Waals surface area contributed by atoms with Crippen LogP contribution in [-0.4, -0.2) is 62.1 Å². The lowest BCUT2D eigenvalue weighted by Crippen LogP contribution is -2.52. The SMILES string of the molecule is CCC(CN)S(=O)(=O)N1CCN(CC(C)C)CC1. The van der Waals surface area contributed by atoms with Gasteiger partial charge in [-0.25, -0.2) is 8.42 Å². The van der Waals surface area contributed by atoms with E-state index in [4.69, 9.17) is 5.73 Å². The van der Waals surface area contributed by atoms with Gasteiger partial charge in [-0.3, -0.25) is 0 Å². The number of rotatable bonds is 6. The molecule has 1 saturated heterocycles. The largest absolute Gasteiger partial charge is 0.329 e. The second-order valence-corrected chi connectivity index (χ2v) is 7.62. The van der Waals surface area contributed by atoms with Crippen LogP contribution in [0.25, 0.3) is 0 Å². The summed E-state index contributed by atoms with van der Waals surface area (Å²) >= 11 is 0. The van der Waals surface area contributed by atoms with Crippen molar-refractivity contribution in [3.05, 3.63) is 0 Å². The highest BCUT2D eigenvalue weighted by Crippen LogP contribution is 2.15. The Kier molecular flexibility index (Phi) is 6.04. The van der Waals surface area contributed by atoms with Gasteiger partial charge in [-0.05, 0) is 12.3 Å². The van der Waals surface area contributed by atoms with Gasteiger partial charge in [0.25, 0.3) is 0 Å². The lowest BCUT2D eigenvalue weighted by atomic mass is 10.2. The lowest BCUT2D eigenvalue weighted by molar-refractivity contribution is 0.171. The first-order valence-corrected chi connectivity index (χ1v) is 8.33. The molecule has 18 heavy (non-hydrogen) atoms. The van der Waals surface area contributed by atoms with Crippen molar-refractivity contribution < 1.29 is 8.42 Å². The Morgan fingerprint density at radius 3 is 2.11 bits per heavy atom. The molecule has 1 heterocycles. The van der Waals surface area contributed by atoms with Crippen LogP contribution in [0.3, 0.4) is 0 Å². The first-order chi connectivity index (χ1) is 8.41. The summed E-state index contributed by atoms with van der Waals surface area (Å²) in [6.07, 6.45) is 0.588. The van der Waals surface area contributed by atoms with Crippen molar-refractivity contribution in [1.29, 1.82) is 0 Å². The topological polar surface area (TPSA) is 66.6 Å². The highest BCUT2D eigenvalue weighted by atomic mass is 32.2. The van der Waals surface area contributed by atoms with Crippen LogP contribution in [-0.2, 0) is 10.0 Å². The number of hydrogen-bond donors (Lipinski definition) is 1. The Morgan fingerprint density at radius 1 is 1.17 bits per heavy atom. The summed E-state index contributed by atoms with van der Waals surface area (Å²) in [4.78, 5) is 2.33. The zero-order chi connectivity index (χ0) is 13.8. The molecule has 0 aromatic heterocycles. The molecule has 6 heteroatoms. The van der Waals surface area contributed by atoms with Gasteiger partial charge in [0.2, 0.25) is 10.0 Å². The molecular weight excluding hydrogens is 250 g/mol. The van der Waals surface area contributed by atoms with Gasteiger partial charge in [0.1, 0.15) is 0 Å². The molecule has 0 aliphatic carbocycles. The fourth-order valence-corrected chi connectivity index (χ4v) is 4.15. The van der Waals surface area contributed by atoms with E-state index in [1.54, 1.807) is 4.31 Å². The third kappa shape index (κ3) is 3.91. The van der Waals surface area contributed by atoms with Crippen LogP contribution in [0.5, 0.6) is 0 Å². The monoisotopic (exact) mass is 277 g/mol. The molecule has 0 bridgehead atoms. The third-order valence-electron chi connectivity index (χ3n) is 3.45. The quantitative estimate of drug-likeness (QED) is 0.759. The molecule has 1 atom stereocenters. The van der Waals surface area contributed by atoms with Gasteiger partial charge in [-0.15, -0.1) is 0 Å². The molecular formula is C12H27N3O2S. The van der Waals surface area contributed by atoms with Crippen LogP contribution in [0, 0.1) is 5.92 Å². The van der Waals surface area contributed by atoms with Gasteiger partial charge in [-0.2, -0.15) is 4.31 Å². The van der Waals surface area contributed by atoms with E-state index in [1.165, 1.54) is 0 Å². The van der Waals surface area contributed by atoms with Crippen LogP contribution in [0.2, 0.25) is 0 Å². The fourth-order valence-electron chi connectivity index (χ4n) is 2.39. The normalized spacial score (nSPS) is 21.4. The van der Waals surface area contributed by atoms with Gasteiger partial charge < -0.3 is 10.6 Å². The zero-order valence-corrected chi connectivity index (χ0v) is 12.6. The summed E-state index contributed by atoms with van der Waals surface area (Å²) in [6, 6.07) is 0. The summed E-state index contributed by atoms with van der Waals surface area (Å²) in [6.45, 7) is 10.4. The summed E-state index contributed by atoms with van der Waals surface area (Å²) < 4.78 is 26.2. The second kappa shape index (κ2) is 6.84. The first kappa shape index (κ1) is 15.9. The van der Waals surface area contributed by atoms with Gasteiger partial charge in [0, 0.05) is 39.3 Å². The number of sulfonamides is 1. The summed E-state index contributed by atoms with van der Waals surface area (Å²) in [5, 5.41) is -0.422. The Labute approximate surface area is 111 Å². The van der Waals surface area contributed by atoms with E-state index in [0.717, 1.165) is 19.6 Å². The molecule has 0 saturated carbocycles. The summed E-state index contributed by atoms with van der Waals surface area (Å²) in [7, 11) is -3.19. The standard InChI is InChI=1S/C12H27N3O2S/c1-4-12(9-13)18(16,17)15-7-5-14(6-8-15)10-11(2)3/h11-12H,4-10,13H2,1-3H3. The van der Waals surface area contributed by atoms with E-state index in [0.29, 0.717) is 25.4 Å². The van der Waals surface area contributed by atoms with Crippen molar-refractivity contribution in [2.45, 2.75) is 32.4 Å².